The maximum absolute atomic E-state index is 12.5. The Kier molecular flexibility index (Phi) is 4.28. The van der Waals surface area contributed by atoms with Crippen LogP contribution in [0, 0.1) is 6.92 Å². The Bertz CT molecular complexity index is 866. The van der Waals surface area contributed by atoms with Gasteiger partial charge in [-0.25, -0.2) is 9.78 Å². The lowest BCUT2D eigenvalue weighted by molar-refractivity contribution is 0.208. The van der Waals surface area contributed by atoms with Crippen LogP contribution in [0.4, 0.5) is 15.6 Å². The third-order valence-electron chi connectivity index (χ3n) is 4.51. The number of benzene rings is 2. The van der Waals surface area contributed by atoms with Crippen molar-refractivity contribution >= 4 is 38.4 Å². The van der Waals surface area contributed by atoms with Gasteiger partial charge in [-0.3, -0.25) is 0 Å². The highest BCUT2D eigenvalue weighted by molar-refractivity contribution is 7.22. The number of nitrogens with one attached hydrogen (secondary N) is 1. The number of carbonyl (C=O) groups is 1. The fourth-order valence-electron chi connectivity index (χ4n) is 3.00. The summed E-state index contributed by atoms with van der Waals surface area (Å²) in [6.07, 6.45) is 0. The number of thiazole rings is 1. The highest BCUT2D eigenvalue weighted by atomic mass is 32.1. The zero-order chi connectivity index (χ0) is 17.2. The van der Waals surface area contributed by atoms with Gasteiger partial charge in [0.1, 0.15) is 0 Å². The number of fused-ring (bicyclic) bond motifs is 1. The Balaban J connectivity index is 1.39. The molecule has 0 radical (unpaired) electrons. The van der Waals surface area contributed by atoms with Crippen LogP contribution in [0.25, 0.3) is 10.2 Å². The van der Waals surface area contributed by atoms with Gasteiger partial charge in [-0.05, 0) is 30.7 Å². The van der Waals surface area contributed by atoms with E-state index in [2.05, 4.69) is 16.3 Å². The molecule has 128 valence electrons. The molecule has 1 saturated heterocycles. The molecular formula is C19H20N4OS. The zero-order valence-corrected chi connectivity index (χ0v) is 14.9. The number of rotatable bonds is 2. The van der Waals surface area contributed by atoms with Crippen molar-refractivity contribution < 1.29 is 4.79 Å². The van der Waals surface area contributed by atoms with Crippen molar-refractivity contribution in [3.8, 4) is 0 Å². The molecule has 1 N–H and O–H groups in total. The third kappa shape index (κ3) is 3.30. The van der Waals surface area contributed by atoms with E-state index in [1.807, 2.05) is 54.3 Å². The van der Waals surface area contributed by atoms with Gasteiger partial charge >= 0.3 is 6.03 Å². The van der Waals surface area contributed by atoms with E-state index in [9.17, 15) is 4.79 Å². The van der Waals surface area contributed by atoms with Gasteiger partial charge in [0.25, 0.3) is 0 Å². The van der Waals surface area contributed by atoms with Crippen LogP contribution in [0.3, 0.4) is 0 Å². The average molecular weight is 352 g/mol. The Morgan fingerprint density at radius 3 is 2.52 bits per heavy atom. The molecule has 3 aromatic rings. The van der Waals surface area contributed by atoms with Crippen molar-refractivity contribution in [1.29, 1.82) is 0 Å². The number of hydrogen-bond acceptors (Lipinski definition) is 4. The Hall–Kier alpha value is -2.60. The summed E-state index contributed by atoms with van der Waals surface area (Å²) in [5.41, 5.74) is 2.99. The standard InChI is InChI=1S/C19H20N4OS/c1-14-6-2-3-7-15(14)20-18(24)22-10-12-23(13-11-22)19-21-16-8-4-5-9-17(16)25-19/h2-9H,10-13H2,1H3,(H,20,24). The van der Waals surface area contributed by atoms with Crippen LogP contribution in [-0.4, -0.2) is 42.1 Å². The lowest BCUT2D eigenvalue weighted by Crippen LogP contribution is -2.50. The van der Waals surface area contributed by atoms with E-state index in [-0.39, 0.29) is 6.03 Å². The SMILES string of the molecule is Cc1ccccc1NC(=O)N1CCN(c2nc3ccccc3s2)CC1. The van der Waals surface area contributed by atoms with E-state index in [4.69, 9.17) is 4.98 Å². The number of aryl methyl sites for hydroxylation is 1. The van der Waals surface area contributed by atoms with Crippen molar-refractivity contribution in [2.45, 2.75) is 6.92 Å². The molecule has 6 heteroatoms. The molecule has 0 spiro atoms. The summed E-state index contributed by atoms with van der Waals surface area (Å²) in [5.74, 6) is 0. The number of para-hydroxylation sites is 2. The van der Waals surface area contributed by atoms with E-state index >= 15 is 0 Å². The Morgan fingerprint density at radius 2 is 1.76 bits per heavy atom. The Morgan fingerprint density at radius 1 is 1.04 bits per heavy atom. The normalized spacial score (nSPS) is 14.8. The van der Waals surface area contributed by atoms with Gasteiger partial charge < -0.3 is 15.1 Å². The summed E-state index contributed by atoms with van der Waals surface area (Å²) in [6.45, 7) is 5.02. The maximum atomic E-state index is 12.5. The van der Waals surface area contributed by atoms with Crippen molar-refractivity contribution in [1.82, 2.24) is 9.88 Å². The summed E-state index contributed by atoms with van der Waals surface area (Å²) in [5, 5.41) is 4.05. The lowest BCUT2D eigenvalue weighted by Gasteiger charge is -2.34. The first-order valence-electron chi connectivity index (χ1n) is 8.43. The van der Waals surface area contributed by atoms with E-state index in [1.54, 1.807) is 11.3 Å². The minimum atomic E-state index is -0.0294. The largest absolute Gasteiger partial charge is 0.345 e. The number of carbonyl (C=O) groups excluding carboxylic acids is 1. The fraction of sp³-hybridized carbons (Fsp3) is 0.263. The molecule has 1 aliphatic rings. The molecule has 0 unspecified atom stereocenters. The van der Waals surface area contributed by atoms with Crippen LogP contribution in [0.5, 0.6) is 0 Å². The molecule has 2 amide bonds. The highest BCUT2D eigenvalue weighted by Gasteiger charge is 2.23. The van der Waals surface area contributed by atoms with Crippen LogP contribution in [0.1, 0.15) is 5.56 Å². The van der Waals surface area contributed by atoms with Gasteiger partial charge in [-0.1, -0.05) is 41.7 Å². The van der Waals surface area contributed by atoms with Crippen LogP contribution in [-0.2, 0) is 0 Å². The van der Waals surface area contributed by atoms with Crippen LogP contribution < -0.4 is 10.2 Å². The molecule has 0 saturated carbocycles. The predicted octanol–water partition coefficient (Wildman–Crippen LogP) is 3.96. The summed E-state index contributed by atoms with van der Waals surface area (Å²) in [6, 6.07) is 16.0. The van der Waals surface area contributed by atoms with E-state index in [0.29, 0.717) is 13.1 Å². The maximum Gasteiger partial charge on any atom is 0.321 e. The van der Waals surface area contributed by atoms with Crippen molar-refractivity contribution in [3.05, 3.63) is 54.1 Å². The first-order chi connectivity index (χ1) is 12.2. The van der Waals surface area contributed by atoms with Crippen LogP contribution in [0.2, 0.25) is 0 Å². The van der Waals surface area contributed by atoms with E-state index in [0.717, 1.165) is 35.0 Å². The third-order valence-corrected chi connectivity index (χ3v) is 5.60. The molecule has 2 heterocycles. The molecule has 2 aromatic carbocycles. The van der Waals surface area contributed by atoms with Crippen molar-refractivity contribution in [2.75, 3.05) is 36.4 Å². The smallest absolute Gasteiger partial charge is 0.321 e. The van der Waals surface area contributed by atoms with Gasteiger partial charge in [0.2, 0.25) is 0 Å². The highest BCUT2D eigenvalue weighted by Crippen LogP contribution is 2.29. The second kappa shape index (κ2) is 6.72. The van der Waals surface area contributed by atoms with Crippen LogP contribution in [0.15, 0.2) is 48.5 Å². The molecular weight excluding hydrogens is 332 g/mol. The topological polar surface area (TPSA) is 48.5 Å². The molecule has 0 bridgehead atoms. The predicted molar refractivity (Wildman–Crippen MR) is 104 cm³/mol. The second-order valence-corrected chi connectivity index (χ2v) is 7.19. The van der Waals surface area contributed by atoms with E-state index in [1.165, 1.54) is 4.70 Å². The number of anilines is 2. The van der Waals surface area contributed by atoms with Gasteiger partial charge in [-0.15, -0.1) is 0 Å². The first-order valence-corrected chi connectivity index (χ1v) is 9.24. The van der Waals surface area contributed by atoms with Crippen molar-refractivity contribution in [2.24, 2.45) is 0 Å². The van der Waals surface area contributed by atoms with Crippen LogP contribution >= 0.6 is 11.3 Å². The Labute approximate surface area is 150 Å². The van der Waals surface area contributed by atoms with Crippen molar-refractivity contribution in [3.63, 3.8) is 0 Å². The number of urea groups is 1. The molecule has 0 aliphatic carbocycles. The molecule has 1 aliphatic heterocycles. The van der Waals surface area contributed by atoms with Gasteiger partial charge in [0, 0.05) is 31.9 Å². The van der Waals surface area contributed by atoms with Gasteiger partial charge in [-0.2, -0.15) is 0 Å². The quantitative estimate of drug-likeness (QED) is 0.759. The van der Waals surface area contributed by atoms with Gasteiger partial charge in [0.15, 0.2) is 5.13 Å². The summed E-state index contributed by atoms with van der Waals surface area (Å²) in [4.78, 5) is 21.3. The average Bonchev–Trinajstić information content (AvgIpc) is 3.08. The number of hydrogen-bond donors (Lipinski definition) is 1. The number of amides is 2. The van der Waals surface area contributed by atoms with E-state index < -0.39 is 0 Å². The summed E-state index contributed by atoms with van der Waals surface area (Å²) < 4.78 is 1.21. The molecule has 1 aromatic heterocycles. The summed E-state index contributed by atoms with van der Waals surface area (Å²) in [7, 11) is 0. The molecule has 0 atom stereocenters. The summed E-state index contributed by atoms with van der Waals surface area (Å²) >= 11 is 1.71. The molecule has 4 rings (SSSR count). The zero-order valence-electron chi connectivity index (χ0n) is 14.1. The number of aromatic nitrogens is 1. The molecule has 1 fully saturated rings. The monoisotopic (exact) mass is 352 g/mol. The molecule has 25 heavy (non-hydrogen) atoms. The molecule has 5 nitrogen and oxygen atoms in total. The number of piperazine rings is 1. The fourth-order valence-corrected chi connectivity index (χ4v) is 4.02. The first kappa shape index (κ1) is 15.9. The number of nitrogens with zero attached hydrogens (tertiary/aromatic N) is 3. The minimum absolute atomic E-state index is 0.0294. The minimum Gasteiger partial charge on any atom is -0.345 e. The lowest BCUT2D eigenvalue weighted by atomic mass is 10.2. The van der Waals surface area contributed by atoms with Gasteiger partial charge in [0.05, 0.1) is 10.2 Å². The second-order valence-electron chi connectivity index (χ2n) is 6.18.